The van der Waals surface area contributed by atoms with E-state index in [0.717, 1.165) is 6.20 Å². The van der Waals surface area contributed by atoms with Crippen LogP contribution in [-0.2, 0) is 15.5 Å². The van der Waals surface area contributed by atoms with E-state index in [9.17, 15) is 30.8 Å². The van der Waals surface area contributed by atoms with Crippen molar-refractivity contribution in [2.24, 2.45) is 0 Å². The van der Waals surface area contributed by atoms with Crippen molar-refractivity contribution in [1.29, 1.82) is 0 Å². The average molecular weight is 530 g/mol. The van der Waals surface area contributed by atoms with E-state index in [2.05, 4.69) is 25.3 Å². The third-order valence-corrected chi connectivity index (χ3v) is 7.10. The number of H-pyrrole nitrogens is 1. The van der Waals surface area contributed by atoms with Crippen molar-refractivity contribution in [3.05, 3.63) is 36.5 Å². The smallest absolute Gasteiger partial charge is 0.353 e. The minimum absolute atomic E-state index is 0.0740. The Bertz CT molecular complexity index is 1330. The Kier molecular flexibility index (Phi) is 7.13. The highest BCUT2D eigenvalue weighted by molar-refractivity contribution is 7.73. The number of halogens is 4. The lowest BCUT2D eigenvalue weighted by molar-refractivity contribution is -0.142. The Labute approximate surface area is 204 Å². The molecule has 4 heterocycles. The summed E-state index contributed by atoms with van der Waals surface area (Å²) in [7, 11) is -2.78. The van der Waals surface area contributed by atoms with E-state index in [-0.39, 0.29) is 37.6 Å². The number of amides is 1. The molecule has 36 heavy (non-hydrogen) atoms. The van der Waals surface area contributed by atoms with Crippen molar-refractivity contribution in [1.82, 2.24) is 30.2 Å². The van der Waals surface area contributed by atoms with Crippen LogP contribution in [0.2, 0.25) is 0 Å². The molecule has 3 aromatic heterocycles. The molecule has 0 saturated carbocycles. The van der Waals surface area contributed by atoms with Crippen LogP contribution in [0.3, 0.4) is 0 Å². The number of hydrogen-bond acceptors (Lipinski definition) is 8. The van der Waals surface area contributed by atoms with Crippen LogP contribution in [0.25, 0.3) is 22.4 Å². The number of pyridine rings is 1. The molecule has 1 aliphatic heterocycles. The quantitative estimate of drug-likeness (QED) is 0.270. The van der Waals surface area contributed by atoms with Crippen LogP contribution < -0.4 is 10.6 Å². The number of fused-ring (bicyclic) bond motifs is 1. The van der Waals surface area contributed by atoms with E-state index in [1.165, 1.54) is 6.92 Å². The highest BCUT2D eigenvalue weighted by atomic mass is 32.2. The topological polar surface area (TPSA) is 133 Å². The number of likely N-dealkylation sites (tertiary alicyclic amines) is 1. The molecular formula is C21H23F4N7O3S. The number of carbonyl (C=O) groups excluding carboxylic acids is 1. The first-order valence-electron chi connectivity index (χ1n) is 10.9. The van der Waals surface area contributed by atoms with Gasteiger partial charge in [-0.3, -0.25) is 9.69 Å². The van der Waals surface area contributed by atoms with Gasteiger partial charge in [0.1, 0.15) is 23.1 Å². The molecule has 0 bridgehead atoms. The van der Waals surface area contributed by atoms with Crippen LogP contribution in [0.4, 0.5) is 23.4 Å². The second-order valence-electron chi connectivity index (χ2n) is 8.45. The Morgan fingerprint density at radius 2 is 2.00 bits per heavy atom. The normalized spacial score (nSPS) is 17.3. The molecule has 0 aromatic carbocycles. The molecule has 1 amide bonds. The van der Waals surface area contributed by atoms with Crippen LogP contribution in [0.5, 0.6) is 0 Å². The maximum Gasteiger partial charge on any atom is 0.405 e. The number of alkyl halides is 3. The SMILES string of the molecule is CC(N1CCC(Nc2nc(-c3c[nH]c4ncccc34)ncc2F)(C(=O)NCC(F)(F)F)CC1)[SH](=O)=O. The number of nitrogens with zero attached hydrogens (tertiary/aromatic N) is 4. The predicted molar refractivity (Wildman–Crippen MR) is 123 cm³/mol. The van der Waals surface area contributed by atoms with E-state index >= 15 is 0 Å². The number of aromatic amines is 1. The number of carbonyl (C=O) groups is 1. The predicted octanol–water partition coefficient (Wildman–Crippen LogP) is 2.04. The molecule has 1 unspecified atom stereocenters. The highest BCUT2D eigenvalue weighted by Crippen LogP contribution is 2.31. The van der Waals surface area contributed by atoms with Crippen molar-refractivity contribution in [3.8, 4) is 11.4 Å². The number of nitrogens with one attached hydrogen (secondary N) is 3. The number of piperidine rings is 1. The summed E-state index contributed by atoms with van der Waals surface area (Å²) in [6, 6.07) is 3.46. The minimum atomic E-state index is -4.65. The van der Waals surface area contributed by atoms with Gasteiger partial charge in [0.15, 0.2) is 28.2 Å². The molecule has 0 radical (unpaired) electrons. The van der Waals surface area contributed by atoms with Crippen molar-refractivity contribution in [2.75, 3.05) is 25.0 Å². The van der Waals surface area contributed by atoms with Gasteiger partial charge in [-0.1, -0.05) is 0 Å². The third-order valence-electron chi connectivity index (χ3n) is 6.16. The number of thiol groups is 1. The summed E-state index contributed by atoms with van der Waals surface area (Å²) in [6.45, 7) is 0.0547. The standard InChI is InChI=1S/C21H23F4N7O3S/c1-12(36(34)35)32-7-4-20(5-8-32,19(33)29-11-21(23,24)25)31-18-15(22)10-28-17(30-18)14-9-27-16-13(14)3-2-6-26-16/h2-3,6,9-10,12,36H,4-5,7-8,11H2,1H3,(H,26,27)(H,29,33)(H,28,30,31). The van der Waals surface area contributed by atoms with Gasteiger partial charge in [0, 0.05) is 36.4 Å². The molecule has 10 nitrogen and oxygen atoms in total. The van der Waals surface area contributed by atoms with E-state index in [0.29, 0.717) is 16.6 Å². The zero-order valence-corrected chi connectivity index (χ0v) is 19.9. The zero-order valence-electron chi connectivity index (χ0n) is 19.0. The fourth-order valence-electron chi connectivity index (χ4n) is 4.12. The van der Waals surface area contributed by atoms with E-state index in [1.54, 1.807) is 29.4 Å². The van der Waals surface area contributed by atoms with Gasteiger partial charge in [0.2, 0.25) is 5.91 Å². The van der Waals surface area contributed by atoms with E-state index in [4.69, 9.17) is 0 Å². The summed E-state index contributed by atoms with van der Waals surface area (Å²) in [4.78, 5) is 29.9. The molecule has 1 saturated heterocycles. The van der Waals surface area contributed by atoms with Gasteiger partial charge in [-0.05, 0) is 31.9 Å². The summed E-state index contributed by atoms with van der Waals surface area (Å²) >= 11 is 0. The Morgan fingerprint density at radius 3 is 2.67 bits per heavy atom. The number of hydrogen-bond donors (Lipinski definition) is 4. The Hall–Kier alpha value is -3.33. The fourth-order valence-corrected chi connectivity index (χ4v) is 4.62. The second kappa shape index (κ2) is 9.97. The molecule has 0 spiro atoms. The first-order chi connectivity index (χ1) is 17.0. The van der Waals surface area contributed by atoms with Crippen molar-refractivity contribution in [3.63, 3.8) is 0 Å². The van der Waals surface area contributed by atoms with Gasteiger partial charge in [0.25, 0.3) is 0 Å². The van der Waals surface area contributed by atoms with Gasteiger partial charge in [-0.25, -0.2) is 27.8 Å². The minimum Gasteiger partial charge on any atom is -0.353 e. The molecule has 1 fully saturated rings. The third kappa shape index (κ3) is 5.41. The average Bonchev–Trinajstić information content (AvgIpc) is 3.27. The summed E-state index contributed by atoms with van der Waals surface area (Å²) in [5.41, 5.74) is -0.597. The van der Waals surface area contributed by atoms with Crippen molar-refractivity contribution >= 4 is 33.5 Å². The molecule has 194 valence electrons. The maximum absolute atomic E-state index is 14.8. The summed E-state index contributed by atoms with van der Waals surface area (Å²) < 4.78 is 75.9. The summed E-state index contributed by atoms with van der Waals surface area (Å²) in [6.07, 6.45) is -0.741. The molecule has 1 atom stereocenters. The van der Waals surface area contributed by atoms with Crippen LogP contribution in [0.15, 0.2) is 30.7 Å². The lowest BCUT2D eigenvalue weighted by atomic mass is 9.86. The van der Waals surface area contributed by atoms with Crippen LogP contribution >= 0.6 is 0 Å². The summed E-state index contributed by atoms with van der Waals surface area (Å²) in [5.74, 6) is -2.15. The lowest BCUT2D eigenvalue weighted by Crippen LogP contribution is -2.60. The molecule has 3 aromatic rings. The first kappa shape index (κ1) is 25.8. The first-order valence-corrected chi connectivity index (χ1v) is 12.2. The van der Waals surface area contributed by atoms with E-state index in [1.807, 2.05) is 5.32 Å². The van der Waals surface area contributed by atoms with Gasteiger partial charge in [0.05, 0.1) is 6.20 Å². The Balaban J connectivity index is 1.65. The fraction of sp³-hybridized carbons (Fsp3) is 0.429. The molecule has 0 aliphatic carbocycles. The van der Waals surface area contributed by atoms with E-state index < -0.39 is 46.1 Å². The monoisotopic (exact) mass is 529 g/mol. The molecule has 4 rings (SSSR count). The number of rotatable bonds is 7. The number of anilines is 1. The lowest BCUT2D eigenvalue weighted by Gasteiger charge is -2.42. The molecular weight excluding hydrogens is 506 g/mol. The highest BCUT2D eigenvalue weighted by Gasteiger charge is 2.44. The van der Waals surface area contributed by atoms with Crippen molar-refractivity contribution < 1.29 is 30.8 Å². The largest absolute Gasteiger partial charge is 0.405 e. The molecule has 3 N–H and O–H groups in total. The van der Waals surface area contributed by atoms with Gasteiger partial charge < -0.3 is 15.6 Å². The number of aromatic nitrogens is 4. The van der Waals surface area contributed by atoms with Crippen LogP contribution in [0.1, 0.15) is 19.8 Å². The molecule has 15 heteroatoms. The van der Waals surface area contributed by atoms with Crippen LogP contribution in [-0.4, -0.2) is 75.9 Å². The maximum atomic E-state index is 14.8. The van der Waals surface area contributed by atoms with Gasteiger partial charge in [-0.2, -0.15) is 13.2 Å². The van der Waals surface area contributed by atoms with Crippen molar-refractivity contribution in [2.45, 2.75) is 36.9 Å². The summed E-state index contributed by atoms with van der Waals surface area (Å²) in [5, 5.41) is 4.43. The molecule has 1 aliphatic rings. The van der Waals surface area contributed by atoms with Gasteiger partial charge >= 0.3 is 6.18 Å². The van der Waals surface area contributed by atoms with Gasteiger partial charge in [-0.15, -0.1) is 0 Å². The Morgan fingerprint density at radius 1 is 1.28 bits per heavy atom. The second-order valence-corrected chi connectivity index (χ2v) is 9.77. The van der Waals surface area contributed by atoms with Crippen LogP contribution in [0, 0.1) is 5.82 Å². The zero-order chi connectivity index (χ0) is 26.1.